The van der Waals surface area contributed by atoms with Gasteiger partial charge in [0.1, 0.15) is 0 Å². The van der Waals surface area contributed by atoms with Gasteiger partial charge in [-0.15, -0.1) is 0 Å². The molecule has 0 bridgehead atoms. The summed E-state index contributed by atoms with van der Waals surface area (Å²) in [6.07, 6.45) is 0. The summed E-state index contributed by atoms with van der Waals surface area (Å²) in [7, 11) is 2.38. The van der Waals surface area contributed by atoms with Crippen molar-refractivity contribution in [1.29, 1.82) is 0 Å². The van der Waals surface area contributed by atoms with E-state index in [9.17, 15) is 26.3 Å². The van der Waals surface area contributed by atoms with E-state index in [2.05, 4.69) is 47.8 Å². The summed E-state index contributed by atoms with van der Waals surface area (Å²) in [5.74, 6) is -1.54. The monoisotopic (exact) mass is 684 g/mol. The Hall–Kier alpha value is -0.270. The largest absolute Gasteiger partial charge is 0.446 e. The summed E-state index contributed by atoms with van der Waals surface area (Å²) in [5.41, 5.74) is -4.46. The lowest BCUT2D eigenvalue weighted by atomic mass is 10.3. The average molecular weight is 687 g/mol. The lowest BCUT2D eigenvalue weighted by molar-refractivity contribution is -0.0329. The van der Waals surface area contributed by atoms with Crippen molar-refractivity contribution < 1.29 is 26.3 Å². The first-order chi connectivity index (χ1) is 14.5. The van der Waals surface area contributed by atoms with Crippen molar-refractivity contribution >= 4 is 81.1 Å². The molecular weight excluding hydrogens is 678 g/mol. The number of halogens is 9. The molecule has 0 aliphatic carbocycles. The summed E-state index contributed by atoms with van der Waals surface area (Å²) < 4.78 is 76.7. The van der Waals surface area contributed by atoms with Crippen LogP contribution < -0.4 is 0 Å². The Morgan fingerprint density at radius 1 is 0.548 bits per heavy atom. The van der Waals surface area contributed by atoms with E-state index < -0.39 is 28.0 Å². The molecule has 0 amide bonds. The average Bonchev–Trinajstić information content (AvgIpc) is 2.69. The second-order valence-corrected chi connectivity index (χ2v) is 11.3. The second-order valence-electron chi connectivity index (χ2n) is 5.37. The molecule has 0 nitrogen and oxygen atoms in total. The first-order valence-electron chi connectivity index (χ1n) is 7.92. The zero-order valence-electron chi connectivity index (χ0n) is 14.8. The minimum atomic E-state index is -4.46. The van der Waals surface area contributed by atoms with Crippen LogP contribution in [0.4, 0.5) is 26.3 Å². The van der Waals surface area contributed by atoms with E-state index in [0.29, 0.717) is 18.7 Å². The highest BCUT2D eigenvalue weighted by atomic mass is 79.9. The number of hydrogen-bond donors (Lipinski definition) is 0. The first-order valence-corrected chi connectivity index (χ1v) is 13.3. The molecule has 31 heavy (non-hydrogen) atoms. The topological polar surface area (TPSA) is 0 Å². The fraction of sp³-hybridized carbons (Fsp3) is 0.0526. The van der Waals surface area contributed by atoms with Crippen LogP contribution in [0.1, 0.15) is 0 Å². The van der Waals surface area contributed by atoms with E-state index in [-0.39, 0.29) is 16.1 Å². The first kappa shape index (κ1) is 27.0. The maximum atomic E-state index is 13.7. The maximum Gasteiger partial charge on any atom is 0.446 e. The molecule has 3 aromatic rings. The van der Waals surface area contributed by atoms with Gasteiger partial charge in [0.25, 0.3) is 0 Å². The summed E-state index contributed by atoms with van der Waals surface area (Å²) in [4.78, 5) is 0.504. The molecule has 0 atom stereocenters. The van der Waals surface area contributed by atoms with Gasteiger partial charge in [-0.2, -0.15) is 13.2 Å². The molecule has 3 rings (SSSR count). The lowest BCUT2D eigenvalue weighted by Crippen LogP contribution is -2.00. The van der Waals surface area contributed by atoms with E-state index in [1.165, 1.54) is 33.7 Å². The van der Waals surface area contributed by atoms with Gasteiger partial charge in [-0.25, -0.2) is 13.2 Å². The zero-order chi connectivity index (χ0) is 23.2. The Kier molecular flexibility index (Phi) is 10.7. The molecule has 166 valence electrons. The summed E-state index contributed by atoms with van der Waals surface area (Å²) >= 11 is 8.57. The van der Waals surface area contributed by atoms with Crippen LogP contribution >= 0.6 is 81.1 Å². The van der Waals surface area contributed by atoms with Crippen LogP contribution in [0, 0.1) is 17.5 Å². The van der Waals surface area contributed by atoms with Crippen molar-refractivity contribution in [3.05, 3.63) is 85.5 Å². The molecule has 0 fully saturated rings. The van der Waals surface area contributed by atoms with Gasteiger partial charge in [-0.1, -0.05) is 18.2 Å². The van der Waals surface area contributed by atoms with E-state index in [4.69, 9.17) is 0 Å². The molecule has 0 aliphatic rings. The Morgan fingerprint density at radius 2 is 0.871 bits per heavy atom. The summed E-state index contributed by atoms with van der Waals surface area (Å²) in [6, 6.07) is 13.8. The summed E-state index contributed by atoms with van der Waals surface area (Å²) in [6.45, 7) is 0. The number of hydrogen-bond acceptors (Lipinski definition) is 3. The molecule has 0 saturated carbocycles. The number of rotatable bonds is 4. The van der Waals surface area contributed by atoms with Crippen molar-refractivity contribution in [2.75, 3.05) is 0 Å². The standard InChI is InChI=1S/C12H6Br2F2S2.C7H3BrF4S/c13-7-3-1-5-9(11(7)15)17-18-10-6-2-4-8(14)12(10)16;8-4-2-1-3-5(6(4)9)13-7(10,11)12/h1-6H;1-3H. The van der Waals surface area contributed by atoms with Gasteiger partial charge in [0.2, 0.25) is 0 Å². The Morgan fingerprint density at radius 3 is 1.23 bits per heavy atom. The van der Waals surface area contributed by atoms with Crippen LogP contribution in [-0.2, 0) is 0 Å². The molecular formula is C19H9Br3F6S3. The van der Waals surface area contributed by atoms with Crippen LogP contribution in [-0.4, -0.2) is 5.51 Å². The van der Waals surface area contributed by atoms with Crippen LogP contribution in [0.15, 0.2) is 82.7 Å². The van der Waals surface area contributed by atoms with E-state index in [1.54, 1.807) is 36.4 Å². The highest BCUT2D eigenvalue weighted by Crippen LogP contribution is 2.42. The summed E-state index contributed by atoms with van der Waals surface area (Å²) in [5, 5.41) is 0. The molecule has 0 aromatic heterocycles. The number of benzene rings is 3. The molecule has 3 aromatic carbocycles. The van der Waals surface area contributed by atoms with Gasteiger partial charge in [0, 0.05) is 0 Å². The van der Waals surface area contributed by atoms with E-state index in [1.807, 2.05) is 0 Å². The number of alkyl halides is 3. The molecule has 0 spiro atoms. The van der Waals surface area contributed by atoms with Crippen molar-refractivity contribution in [3.63, 3.8) is 0 Å². The van der Waals surface area contributed by atoms with Gasteiger partial charge in [-0.3, -0.25) is 0 Å². The van der Waals surface area contributed by atoms with Gasteiger partial charge in [0.05, 0.1) is 28.1 Å². The smallest absolute Gasteiger partial charge is 0.205 e. The quantitative estimate of drug-likeness (QED) is 0.152. The molecule has 0 unspecified atom stereocenters. The van der Waals surface area contributed by atoms with Gasteiger partial charge in [-0.05, 0) is 118 Å². The normalized spacial score (nSPS) is 11.1. The fourth-order valence-electron chi connectivity index (χ4n) is 1.87. The van der Waals surface area contributed by atoms with Gasteiger partial charge < -0.3 is 0 Å². The minimum absolute atomic E-state index is 0.0294. The molecule has 0 aliphatic heterocycles. The highest BCUT2D eigenvalue weighted by Gasteiger charge is 2.30. The number of thioether (sulfide) groups is 1. The molecule has 0 heterocycles. The molecule has 0 radical (unpaired) electrons. The van der Waals surface area contributed by atoms with Crippen LogP contribution in [0.3, 0.4) is 0 Å². The van der Waals surface area contributed by atoms with Crippen molar-refractivity contribution in [3.8, 4) is 0 Å². The fourth-order valence-corrected chi connectivity index (χ4v) is 6.09. The van der Waals surface area contributed by atoms with Crippen LogP contribution in [0.5, 0.6) is 0 Å². The highest BCUT2D eigenvalue weighted by molar-refractivity contribution is 9.11. The lowest BCUT2D eigenvalue weighted by Gasteiger charge is -2.06. The Balaban J connectivity index is 0.000000233. The van der Waals surface area contributed by atoms with E-state index in [0.717, 1.165) is 6.07 Å². The Bertz CT molecular complexity index is 995. The van der Waals surface area contributed by atoms with Gasteiger partial charge >= 0.3 is 5.51 Å². The predicted octanol–water partition coefficient (Wildman–Crippen LogP) is 10.5. The molecule has 0 saturated heterocycles. The van der Waals surface area contributed by atoms with E-state index >= 15 is 0 Å². The third-order valence-corrected chi connectivity index (χ3v) is 8.20. The third-order valence-electron chi connectivity index (χ3n) is 3.20. The van der Waals surface area contributed by atoms with Crippen molar-refractivity contribution in [2.45, 2.75) is 20.2 Å². The van der Waals surface area contributed by atoms with Gasteiger partial charge in [0.15, 0.2) is 17.5 Å². The minimum Gasteiger partial charge on any atom is -0.205 e. The van der Waals surface area contributed by atoms with Crippen molar-refractivity contribution in [2.24, 2.45) is 0 Å². The van der Waals surface area contributed by atoms with Crippen LogP contribution in [0.25, 0.3) is 0 Å². The molecule has 0 N–H and O–H groups in total. The second kappa shape index (κ2) is 12.3. The van der Waals surface area contributed by atoms with Crippen LogP contribution in [0.2, 0.25) is 0 Å². The predicted molar refractivity (Wildman–Crippen MR) is 126 cm³/mol. The molecule has 12 heteroatoms. The third kappa shape index (κ3) is 8.54. The Labute approximate surface area is 211 Å². The SMILES string of the molecule is Fc1c(Br)cccc1SC(F)(F)F.Fc1c(Br)cccc1SSc1cccc(Br)c1F. The zero-order valence-corrected chi connectivity index (χ0v) is 22.0. The van der Waals surface area contributed by atoms with Crippen molar-refractivity contribution in [1.82, 2.24) is 0 Å². The maximum absolute atomic E-state index is 13.7.